The Morgan fingerprint density at radius 1 is 1.30 bits per heavy atom. The number of nitrogens with two attached hydrogens (primary N) is 1. The van der Waals surface area contributed by atoms with Crippen LogP contribution in [0.1, 0.15) is 18.9 Å². The van der Waals surface area contributed by atoms with Crippen molar-refractivity contribution in [1.82, 2.24) is 15.2 Å². The largest absolute Gasteiger partial charge is 0.384 e. The third-order valence-electron chi connectivity index (χ3n) is 4.56. The van der Waals surface area contributed by atoms with Gasteiger partial charge in [-0.15, -0.1) is 12.6 Å². The highest BCUT2D eigenvalue weighted by Crippen LogP contribution is 2.25. The zero-order chi connectivity index (χ0) is 19.2. The van der Waals surface area contributed by atoms with E-state index in [-0.39, 0.29) is 5.91 Å². The Hall–Kier alpha value is -2.67. The molecule has 6 nitrogen and oxygen atoms in total. The number of nitrogen functional groups attached to an aromatic ring is 1. The molecule has 0 bridgehead atoms. The van der Waals surface area contributed by atoms with Crippen LogP contribution in [0.5, 0.6) is 0 Å². The second kappa shape index (κ2) is 8.81. The summed E-state index contributed by atoms with van der Waals surface area (Å²) < 4.78 is 0. The van der Waals surface area contributed by atoms with Crippen LogP contribution in [0, 0.1) is 0 Å². The van der Waals surface area contributed by atoms with E-state index in [1.165, 1.54) is 0 Å². The van der Waals surface area contributed by atoms with Crippen molar-refractivity contribution in [2.75, 3.05) is 24.1 Å². The molecule has 0 radical (unpaired) electrons. The van der Waals surface area contributed by atoms with E-state index in [0.717, 1.165) is 23.4 Å². The van der Waals surface area contributed by atoms with E-state index in [9.17, 15) is 4.79 Å². The predicted molar refractivity (Wildman–Crippen MR) is 112 cm³/mol. The first-order valence-electron chi connectivity index (χ1n) is 9.04. The zero-order valence-electron chi connectivity index (χ0n) is 15.4. The van der Waals surface area contributed by atoms with Crippen LogP contribution in [0.25, 0.3) is 0 Å². The monoisotopic (exact) mass is 383 g/mol. The van der Waals surface area contributed by atoms with Crippen LogP contribution < -0.4 is 16.4 Å². The lowest BCUT2D eigenvalue weighted by atomic mass is 10.0. The first-order valence-corrected chi connectivity index (χ1v) is 9.56. The van der Waals surface area contributed by atoms with Crippen LogP contribution in [-0.2, 0) is 11.3 Å². The molecule has 7 heteroatoms. The molecule has 142 valence electrons. The Bertz CT molecular complexity index is 824. The zero-order valence-corrected chi connectivity index (χ0v) is 16.2. The molecule has 2 heterocycles. The van der Waals surface area contributed by atoms with Gasteiger partial charge in [0.15, 0.2) is 0 Å². The molecule has 3 rings (SSSR count). The number of para-hydroxylation sites is 1. The van der Waals surface area contributed by atoms with Gasteiger partial charge in [0.2, 0.25) is 0 Å². The van der Waals surface area contributed by atoms with Crippen LogP contribution in [0.4, 0.5) is 11.5 Å². The van der Waals surface area contributed by atoms with E-state index >= 15 is 0 Å². The van der Waals surface area contributed by atoms with Gasteiger partial charge in [-0.1, -0.05) is 18.2 Å². The summed E-state index contributed by atoms with van der Waals surface area (Å²) in [5, 5.41) is 6.33. The third-order valence-corrected chi connectivity index (χ3v) is 4.95. The number of thiol groups is 1. The standard InChI is InChI=1S/C20H25N5OS/c1-2-25-11-9-16(23-13-14-8-10-22-17(21)12-14)18(20(25)26)19(27)24-15-6-4-3-5-7-15/h3-8,10,12,19,23-24,27H,2,9,11,13H2,1H3,(H2,21,22). The van der Waals surface area contributed by atoms with Gasteiger partial charge >= 0.3 is 0 Å². The molecule has 1 aromatic heterocycles. The molecule has 1 amide bonds. The molecule has 0 fully saturated rings. The summed E-state index contributed by atoms with van der Waals surface area (Å²) in [6.07, 6.45) is 2.45. The van der Waals surface area contributed by atoms with Gasteiger partial charge in [-0.25, -0.2) is 4.98 Å². The molecule has 4 N–H and O–H groups in total. The Kier molecular flexibility index (Phi) is 6.24. The Labute approximate surface area is 165 Å². The summed E-state index contributed by atoms with van der Waals surface area (Å²) in [6.45, 7) is 3.95. The number of amides is 1. The number of hydrogen-bond donors (Lipinski definition) is 4. The molecule has 0 saturated carbocycles. The molecule has 1 aromatic carbocycles. The van der Waals surface area contributed by atoms with Crippen LogP contribution in [0.2, 0.25) is 0 Å². The lowest BCUT2D eigenvalue weighted by Crippen LogP contribution is -2.43. The first-order chi connectivity index (χ1) is 13.1. The third kappa shape index (κ3) is 4.74. The number of aromatic nitrogens is 1. The number of nitrogens with zero attached hydrogens (tertiary/aromatic N) is 2. The summed E-state index contributed by atoms with van der Waals surface area (Å²) in [5.74, 6) is 0.502. The number of hydrogen-bond acceptors (Lipinski definition) is 6. The van der Waals surface area contributed by atoms with Crippen LogP contribution in [0.3, 0.4) is 0 Å². The lowest BCUT2D eigenvalue weighted by Gasteiger charge is -2.32. The van der Waals surface area contributed by atoms with E-state index < -0.39 is 5.37 Å². The van der Waals surface area contributed by atoms with Crippen molar-refractivity contribution in [3.05, 3.63) is 65.5 Å². The second-order valence-electron chi connectivity index (χ2n) is 6.38. The number of carbonyl (C=O) groups excluding carboxylic acids is 1. The van der Waals surface area contributed by atoms with Crippen molar-refractivity contribution in [3.8, 4) is 0 Å². The quantitative estimate of drug-likeness (QED) is 0.436. The maximum atomic E-state index is 13.0. The summed E-state index contributed by atoms with van der Waals surface area (Å²) in [7, 11) is 0. The number of pyridine rings is 1. The summed E-state index contributed by atoms with van der Waals surface area (Å²) in [6, 6.07) is 13.5. The molecule has 1 unspecified atom stereocenters. The molecular formula is C20H25N5OS. The van der Waals surface area contributed by atoms with Crippen molar-refractivity contribution < 1.29 is 4.79 Å². The molecular weight excluding hydrogens is 358 g/mol. The molecule has 0 spiro atoms. The molecule has 1 atom stereocenters. The topological polar surface area (TPSA) is 83.3 Å². The predicted octanol–water partition coefficient (Wildman–Crippen LogP) is 2.63. The summed E-state index contributed by atoms with van der Waals surface area (Å²) in [5.41, 5.74) is 9.28. The van der Waals surface area contributed by atoms with Gasteiger partial charge in [-0.3, -0.25) is 4.79 Å². The lowest BCUT2D eigenvalue weighted by molar-refractivity contribution is -0.127. The van der Waals surface area contributed by atoms with Crippen molar-refractivity contribution in [2.45, 2.75) is 25.3 Å². The number of benzene rings is 1. The van der Waals surface area contributed by atoms with Gasteiger partial charge in [0, 0.05) is 43.6 Å². The molecule has 2 aromatic rings. The number of likely N-dealkylation sites (N-methyl/N-ethyl adjacent to an activating group) is 1. The highest BCUT2D eigenvalue weighted by atomic mass is 32.1. The minimum Gasteiger partial charge on any atom is -0.384 e. The SMILES string of the molecule is CCN1CCC(NCc2ccnc(N)c2)=C(C(S)Nc2ccccc2)C1=O. The molecule has 1 aliphatic rings. The van der Waals surface area contributed by atoms with E-state index in [4.69, 9.17) is 18.4 Å². The van der Waals surface area contributed by atoms with E-state index in [2.05, 4.69) is 15.6 Å². The summed E-state index contributed by atoms with van der Waals surface area (Å²) >= 11 is 4.69. The molecule has 0 saturated heterocycles. The highest BCUT2D eigenvalue weighted by molar-refractivity contribution is 7.81. The summed E-state index contributed by atoms with van der Waals surface area (Å²) in [4.78, 5) is 18.8. The van der Waals surface area contributed by atoms with E-state index in [0.29, 0.717) is 31.0 Å². The maximum Gasteiger partial charge on any atom is 0.254 e. The van der Waals surface area contributed by atoms with E-state index in [1.807, 2.05) is 54.3 Å². The molecule has 27 heavy (non-hydrogen) atoms. The van der Waals surface area contributed by atoms with Crippen LogP contribution in [0.15, 0.2) is 59.9 Å². The van der Waals surface area contributed by atoms with Crippen LogP contribution >= 0.6 is 12.6 Å². The number of nitrogens with one attached hydrogen (secondary N) is 2. The Morgan fingerprint density at radius 3 is 2.78 bits per heavy atom. The Morgan fingerprint density at radius 2 is 2.07 bits per heavy atom. The van der Waals surface area contributed by atoms with Gasteiger partial charge in [0.1, 0.15) is 11.2 Å². The van der Waals surface area contributed by atoms with Crippen molar-refractivity contribution >= 4 is 30.0 Å². The number of carbonyl (C=O) groups is 1. The van der Waals surface area contributed by atoms with Gasteiger partial charge in [0.05, 0.1) is 5.57 Å². The first kappa shape index (κ1) is 19.1. The van der Waals surface area contributed by atoms with Crippen molar-refractivity contribution in [2.24, 2.45) is 0 Å². The highest BCUT2D eigenvalue weighted by Gasteiger charge is 2.30. The van der Waals surface area contributed by atoms with Gasteiger partial charge < -0.3 is 21.3 Å². The van der Waals surface area contributed by atoms with Gasteiger partial charge in [-0.2, -0.15) is 0 Å². The number of anilines is 2. The minimum absolute atomic E-state index is 0.0175. The fraction of sp³-hybridized carbons (Fsp3) is 0.300. The minimum atomic E-state index is -0.403. The second-order valence-corrected chi connectivity index (χ2v) is 6.90. The number of rotatable bonds is 7. The fourth-order valence-electron chi connectivity index (χ4n) is 3.13. The van der Waals surface area contributed by atoms with Gasteiger partial charge in [0.25, 0.3) is 5.91 Å². The smallest absolute Gasteiger partial charge is 0.254 e. The fourth-order valence-corrected chi connectivity index (χ4v) is 3.54. The van der Waals surface area contributed by atoms with E-state index in [1.54, 1.807) is 6.20 Å². The van der Waals surface area contributed by atoms with Gasteiger partial charge in [-0.05, 0) is 36.8 Å². The average Bonchev–Trinajstić information content (AvgIpc) is 2.67. The molecule has 0 aliphatic carbocycles. The van der Waals surface area contributed by atoms with Crippen molar-refractivity contribution in [3.63, 3.8) is 0 Å². The normalized spacial score (nSPS) is 15.6. The van der Waals surface area contributed by atoms with Crippen LogP contribution in [-0.4, -0.2) is 34.3 Å². The average molecular weight is 384 g/mol. The molecule has 1 aliphatic heterocycles. The Balaban J connectivity index is 1.82. The van der Waals surface area contributed by atoms with Crippen molar-refractivity contribution in [1.29, 1.82) is 0 Å². The maximum absolute atomic E-state index is 13.0.